The smallest absolute Gasteiger partial charge is 0.435 e. The van der Waals surface area contributed by atoms with E-state index in [1.165, 1.54) is 31.2 Å². The molecule has 3 aromatic rings. The summed E-state index contributed by atoms with van der Waals surface area (Å²) in [7, 11) is -3.41. The maximum atomic E-state index is 13.6. The van der Waals surface area contributed by atoms with Gasteiger partial charge in [-0.1, -0.05) is 6.07 Å². The van der Waals surface area contributed by atoms with Gasteiger partial charge in [-0.3, -0.25) is 14.5 Å². The van der Waals surface area contributed by atoms with E-state index in [9.17, 15) is 40.1 Å². The lowest BCUT2D eigenvalue weighted by Crippen LogP contribution is -2.57. The average Bonchev–Trinajstić information content (AvgIpc) is 2.83. The first-order chi connectivity index (χ1) is 19.4. The topological polar surface area (TPSA) is 127 Å². The number of amides is 2. The largest absolute Gasteiger partial charge is 0.435 e. The summed E-state index contributed by atoms with van der Waals surface area (Å²) in [5, 5.41) is 8.97. The van der Waals surface area contributed by atoms with Crippen LogP contribution in [0.25, 0.3) is 0 Å². The third-order valence-electron chi connectivity index (χ3n) is 5.96. The minimum atomic E-state index is -4.97. The Kier molecular flexibility index (Phi) is 8.28. The molecule has 0 saturated carbocycles. The van der Waals surface area contributed by atoms with Crippen molar-refractivity contribution in [1.29, 1.82) is 0 Å². The highest BCUT2D eigenvalue weighted by Gasteiger charge is 2.44. The highest BCUT2D eigenvalue weighted by atomic mass is 32.2. The van der Waals surface area contributed by atoms with Crippen LogP contribution in [0.5, 0.6) is 11.6 Å². The fourth-order valence-electron chi connectivity index (χ4n) is 4.03. The van der Waals surface area contributed by atoms with Crippen LogP contribution < -0.4 is 10.1 Å². The van der Waals surface area contributed by atoms with Gasteiger partial charge < -0.3 is 10.1 Å². The summed E-state index contributed by atoms with van der Waals surface area (Å²) in [4.78, 5) is 30.2. The second-order valence-corrected chi connectivity index (χ2v) is 11.7. The summed E-state index contributed by atoms with van der Waals surface area (Å²) in [6, 6.07) is 7.31. The molecule has 1 aromatic carbocycles. The van der Waals surface area contributed by atoms with Crippen molar-refractivity contribution in [3.8, 4) is 11.6 Å². The van der Waals surface area contributed by atoms with Gasteiger partial charge in [0.2, 0.25) is 5.95 Å². The molecule has 1 aliphatic heterocycles. The lowest BCUT2D eigenvalue weighted by Gasteiger charge is -2.37. The van der Waals surface area contributed by atoms with Crippen molar-refractivity contribution in [2.75, 3.05) is 31.2 Å². The van der Waals surface area contributed by atoms with Crippen LogP contribution >= 0.6 is 0 Å². The third kappa shape index (κ3) is 7.02. The zero-order valence-corrected chi connectivity index (χ0v) is 22.9. The number of halogens is 6. The van der Waals surface area contributed by atoms with Gasteiger partial charge in [0.25, 0.3) is 23.6 Å². The number of rotatable bonds is 7. The van der Waals surface area contributed by atoms with E-state index >= 15 is 0 Å². The molecule has 1 fully saturated rings. The molecule has 17 heteroatoms. The van der Waals surface area contributed by atoms with E-state index in [1.54, 1.807) is 0 Å². The number of carbonyl (C=O) groups excluding carboxylic acids is 2. The lowest BCUT2D eigenvalue weighted by molar-refractivity contribution is -0.143. The van der Waals surface area contributed by atoms with Crippen LogP contribution in [0.3, 0.4) is 0 Å². The number of anilines is 1. The number of hydrogen-bond donors (Lipinski definition) is 1. The predicted octanol–water partition coefficient (Wildman–Crippen LogP) is 4.63. The fourth-order valence-corrected chi connectivity index (χ4v) is 5.26. The number of nitrogens with zero attached hydrogens (tertiary/aromatic N) is 5. The first kappa shape index (κ1) is 30.8. The van der Waals surface area contributed by atoms with Crippen molar-refractivity contribution in [3.05, 3.63) is 64.9 Å². The van der Waals surface area contributed by atoms with Crippen LogP contribution in [0.1, 0.15) is 27.3 Å². The summed E-state index contributed by atoms with van der Waals surface area (Å²) in [6.45, 7) is 0.651. The highest BCUT2D eigenvalue weighted by Crippen LogP contribution is 2.35. The van der Waals surface area contributed by atoms with Crippen LogP contribution in [0.15, 0.2) is 45.7 Å². The standard InChI is InChI=1S/C25H22F6N6O4S/c1-13-20(23(35-34-21(13)25(29,30)31)41-17-7-8-18(26)32-14(17)2)22(39)33-15-5-4-6-16(9-15)42(3,40)36-19(38)10-37-11-24(27,28)12-37/h4-9H,10-12H2,1-3H3,(H,33,39)/t42-/m1/s1. The Balaban J connectivity index is 1.63. The molecule has 0 radical (unpaired) electrons. The number of aryl methyl sites for hydroxylation is 1. The molecule has 0 bridgehead atoms. The normalized spacial score (nSPS) is 16.2. The maximum Gasteiger partial charge on any atom is 0.435 e. The predicted molar refractivity (Wildman–Crippen MR) is 136 cm³/mol. The number of ether oxygens (including phenoxy) is 1. The summed E-state index contributed by atoms with van der Waals surface area (Å²) in [6.07, 6.45) is -3.83. The van der Waals surface area contributed by atoms with E-state index in [2.05, 4.69) is 24.9 Å². The summed E-state index contributed by atoms with van der Waals surface area (Å²) < 4.78 is 103. The van der Waals surface area contributed by atoms with Gasteiger partial charge in [-0.15, -0.1) is 10.2 Å². The Morgan fingerprint density at radius 1 is 1.14 bits per heavy atom. The van der Waals surface area contributed by atoms with Crippen LogP contribution in [0.2, 0.25) is 0 Å². The molecule has 1 saturated heterocycles. The number of likely N-dealkylation sites (tertiary alicyclic amines) is 1. The second-order valence-electron chi connectivity index (χ2n) is 9.44. The van der Waals surface area contributed by atoms with Crippen molar-refractivity contribution in [3.63, 3.8) is 0 Å². The Morgan fingerprint density at radius 2 is 1.83 bits per heavy atom. The molecule has 2 amide bonds. The van der Waals surface area contributed by atoms with Gasteiger partial charge in [-0.25, -0.2) is 18.0 Å². The van der Waals surface area contributed by atoms with Crippen LogP contribution in [0, 0.1) is 19.8 Å². The number of alkyl halides is 5. The van der Waals surface area contributed by atoms with E-state index < -0.39 is 81.9 Å². The van der Waals surface area contributed by atoms with E-state index in [1.807, 2.05) is 0 Å². The maximum absolute atomic E-state index is 13.6. The van der Waals surface area contributed by atoms with Crippen molar-refractivity contribution >= 4 is 27.2 Å². The highest BCUT2D eigenvalue weighted by molar-refractivity contribution is 7.93. The number of aromatic nitrogens is 3. The van der Waals surface area contributed by atoms with Crippen molar-refractivity contribution < 1.29 is 44.9 Å². The van der Waals surface area contributed by atoms with Crippen LogP contribution in [-0.2, 0) is 20.7 Å². The number of hydrogen-bond acceptors (Lipinski definition) is 8. The Hall–Kier alpha value is -4.12. The van der Waals surface area contributed by atoms with Gasteiger partial charge in [0.05, 0.1) is 35.1 Å². The fraction of sp³-hybridized carbons (Fsp3) is 0.320. The minimum Gasteiger partial charge on any atom is -0.435 e. The van der Waals surface area contributed by atoms with E-state index in [-0.39, 0.29) is 22.0 Å². The molecule has 3 heterocycles. The van der Waals surface area contributed by atoms with Gasteiger partial charge in [0.15, 0.2) is 11.4 Å². The minimum absolute atomic E-state index is 0.0206. The van der Waals surface area contributed by atoms with Gasteiger partial charge in [-0.05, 0) is 49.7 Å². The Bertz CT molecular complexity index is 1680. The van der Waals surface area contributed by atoms with E-state index in [0.717, 1.165) is 30.2 Å². The van der Waals surface area contributed by atoms with Gasteiger partial charge in [0, 0.05) is 16.8 Å². The number of nitrogens with one attached hydrogen (secondary N) is 1. The quantitative estimate of drug-likeness (QED) is 0.301. The van der Waals surface area contributed by atoms with Gasteiger partial charge >= 0.3 is 6.18 Å². The van der Waals surface area contributed by atoms with Gasteiger partial charge in [0.1, 0.15) is 5.56 Å². The van der Waals surface area contributed by atoms with E-state index in [4.69, 9.17) is 4.74 Å². The molecule has 1 atom stereocenters. The molecule has 1 N–H and O–H groups in total. The summed E-state index contributed by atoms with van der Waals surface area (Å²) in [5.74, 6) is -6.46. The van der Waals surface area contributed by atoms with Crippen molar-refractivity contribution in [2.24, 2.45) is 4.36 Å². The second kappa shape index (κ2) is 11.3. The van der Waals surface area contributed by atoms with Crippen molar-refractivity contribution in [1.82, 2.24) is 20.1 Å². The molecule has 0 aliphatic carbocycles. The molecular formula is C25H22F6N6O4S. The molecule has 4 rings (SSSR count). The number of carbonyl (C=O) groups is 2. The first-order valence-electron chi connectivity index (χ1n) is 12.0. The molecule has 1 aliphatic rings. The number of benzene rings is 1. The number of pyridine rings is 1. The van der Waals surface area contributed by atoms with Crippen LogP contribution in [-0.4, -0.2) is 67.9 Å². The molecule has 42 heavy (non-hydrogen) atoms. The summed E-state index contributed by atoms with van der Waals surface area (Å²) in [5.41, 5.74) is -2.73. The summed E-state index contributed by atoms with van der Waals surface area (Å²) >= 11 is 0. The molecule has 0 unspecified atom stereocenters. The van der Waals surface area contributed by atoms with Crippen LogP contribution in [0.4, 0.5) is 32.0 Å². The molecular weight excluding hydrogens is 594 g/mol. The third-order valence-corrected chi connectivity index (χ3v) is 7.65. The Labute approximate surface area is 235 Å². The lowest BCUT2D eigenvalue weighted by atomic mass is 10.1. The zero-order chi connectivity index (χ0) is 31.0. The molecule has 0 spiro atoms. The van der Waals surface area contributed by atoms with Gasteiger partial charge in [-0.2, -0.15) is 21.9 Å². The molecule has 10 nitrogen and oxygen atoms in total. The van der Waals surface area contributed by atoms with E-state index in [0.29, 0.717) is 0 Å². The monoisotopic (exact) mass is 616 g/mol. The molecule has 224 valence electrons. The Morgan fingerprint density at radius 3 is 2.45 bits per heavy atom. The zero-order valence-electron chi connectivity index (χ0n) is 22.1. The van der Waals surface area contributed by atoms with Crippen molar-refractivity contribution in [2.45, 2.75) is 30.8 Å². The molecule has 2 aromatic heterocycles. The average molecular weight is 617 g/mol. The SMILES string of the molecule is Cc1nc(F)ccc1Oc1nnc(C(F)(F)F)c(C)c1C(=O)Nc1cccc([S@@](C)(=O)=NC(=O)CN2CC(F)(F)C2)c1. The first-order valence-corrected chi connectivity index (χ1v) is 13.9.